The van der Waals surface area contributed by atoms with Gasteiger partial charge in [0.15, 0.2) is 0 Å². The van der Waals surface area contributed by atoms with Crippen LogP contribution in [0.1, 0.15) is 26.7 Å². The average Bonchev–Trinajstić information content (AvgIpc) is 2.61. The van der Waals surface area contributed by atoms with Crippen LogP contribution in [0.15, 0.2) is 0 Å². The second-order valence-electron chi connectivity index (χ2n) is 5.87. The molecule has 2 rings (SSSR count). The molecule has 2 saturated heterocycles. The lowest BCUT2D eigenvalue weighted by atomic mass is 10.0. The van der Waals surface area contributed by atoms with Crippen LogP contribution in [0.4, 0.5) is 4.79 Å². The molecule has 2 fully saturated rings. The number of urea groups is 1. The van der Waals surface area contributed by atoms with Gasteiger partial charge in [-0.1, -0.05) is 0 Å². The predicted molar refractivity (Wildman–Crippen MR) is 80.2 cm³/mol. The fourth-order valence-corrected chi connectivity index (χ4v) is 2.64. The van der Waals surface area contributed by atoms with E-state index < -0.39 is 11.6 Å². The van der Waals surface area contributed by atoms with Crippen molar-refractivity contribution < 1.29 is 14.4 Å². The minimum Gasteiger partial charge on any atom is -0.340 e. The minimum absolute atomic E-state index is 0. The van der Waals surface area contributed by atoms with E-state index in [1.165, 1.54) is 4.90 Å². The smallest absolute Gasteiger partial charge is 0.325 e. The van der Waals surface area contributed by atoms with Gasteiger partial charge < -0.3 is 15.1 Å². The Hall–Kier alpha value is -1.34. The third-order valence-electron chi connectivity index (χ3n) is 4.17. The van der Waals surface area contributed by atoms with Crippen molar-refractivity contribution in [2.24, 2.45) is 0 Å². The van der Waals surface area contributed by atoms with Crippen LogP contribution in [0.25, 0.3) is 0 Å². The van der Waals surface area contributed by atoms with Gasteiger partial charge in [-0.3, -0.25) is 14.9 Å². The molecule has 0 radical (unpaired) electrons. The maximum Gasteiger partial charge on any atom is 0.325 e. The number of piperidine rings is 1. The summed E-state index contributed by atoms with van der Waals surface area (Å²) in [6, 6.07) is -0.190. The van der Waals surface area contributed by atoms with Crippen molar-refractivity contribution in [1.82, 2.24) is 20.4 Å². The van der Waals surface area contributed by atoms with Gasteiger partial charge in [0, 0.05) is 19.1 Å². The van der Waals surface area contributed by atoms with Gasteiger partial charge in [-0.2, -0.15) is 0 Å². The molecule has 4 amide bonds. The first-order valence-corrected chi connectivity index (χ1v) is 6.94. The first-order chi connectivity index (χ1) is 9.36. The second kappa shape index (κ2) is 6.62. The maximum absolute atomic E-state index is 12.3. The topological polar surface area (TPSA) is 81.8 Å². The quantitative estimate of drug-likeness (QED) is 0.715. The Balaban J connectivity index is 0.00000220. The Morgan fingerprint density at radius 1 is 1.43 bits per heavy atom. The zero-order chi connectivity index (χ0) is 14.9. The highest BCUT2D eigenvalue weighted by Crippen LogP contribution is 2.21. The highest BCUT2D eigenvalue weighted by atomic mass is 35.5. The normalized spacial score (nSPS) is 24.6. The summed E-state index contributed by atoms with van der Waals surface area (Å²) in [6.07, 6.45) is 2.00. The summed E-state index contributed by atoms with van der Waals surface area (Å²) in [7, 11) is 1.88. The van der Waals surface area contributed by atoms with Crippen LogP contribution in [-0.2, 0) is 9.59 Å². The first kappa shape index (κ1) is 17.7. The molecule has 2 aliphatic rings. The number of halogens is 1. The molecule has 7 nitrogen and oxygen atoms in total. The fraction of sp³-hybridized carbons (Fsp3) is 0.769. The van der Waals surface area contributed by atoms with E-state index in [1.807, 2.05) is 7.05 Å². The lowest BCUT2D eigenvalue weighted by molar-refractivity contribution is -0.134. The predicted octanol–water partition coefficient (Wildman–Crippen LogP) is -0.0510. The number of amides is 4. The van der Waals surface area contributed by atoms with Crippen molar-refractivity contribution in [3.63, 3.8) is 0 Å². The molecule has 2 N–H and O–H groups in total. The molecule has 0 saturated carbocycles. The third-order valence-corrected chi connectivity index (χ3v) is 4.17. The van der Waals surface area contributed by atoms with E-state index >= 15 is 0 Å². The minimum atomic E-state index is -0.967. The standard InChI is InChI=1S/C13H22N4O3.ClH/c1-13(2)11(19)15-12(20)17(13)8-10(18)16-6-4-5-9(7-16)14-3;/h9,14H,4-8H2,1-3H3,(H,15,19,20);1H. The van der Waals surface area contributed by atoms with E-state index in [9.17, 15) is 14.4 Å². The molecule has 2 aliphatic heterocycles. The third kappa shape index (κ3) is 3.47. The Bertz CT molecular complexity index is 441. The Labute approximate surface area is 130 Å². The molecular formula is C13H23ClN4O3. The van der Waals surface area contributed by atoms with Gasteiger partial charge >= 0.3 is 6.03 Å². The molecule has 21 heavy (non-hydrogen) atoms. The number of carbonyl (C=O) groups excluding carboxylic acids is 3. The van der Waals surface area contributed by atoms with Gasteiger partial charge in [-0.15, -0.1) is 12.4 Å². The lowest BCUT2D eigenvalue weighted by Gasteiger charge is -2.35. The van der Waals surface area contributed by atoms with Gasteiger partial charge in [0.25, 0.3) is 5.91 Å². The molecule has 0 aromatic rings. The van der Waals surface area contributed by atoms with Crippen LogP contribution >= 0.6 is 12.4 Å². The molecule has 1 atom stereocenters. The monoisotopic (exact) mass is 318 g/mol. The second-order valence-corrected chi connectivity index (χ2v) is 5.87. The number of rotatable bonds is 3. The molecule has 0 aromatic heterocycles. The molecule has 1 unspecified atom stereocenters. The molecule has 0 aliphatic carbocycles. The molecule has 0 bridgehead atoms. The van der Waals surface area contributed by atoms with Crippen molar-refractivity contribution in [3.05, 3.63) is 0 Å². The zero-order valence-electron chi connectivity index (χ0n) is 12.6. The highest BCUT2D eigenvalue weighted by Gasteiger charge is 2.46. The van der Waals surface area contributed by atoms with Crippen LogP contribution in [0.5, 0.6) is 0 Å². The molecule has 0 spiro atoms. The number of likely N-dealkylation sites (tertiary alicyclic amines) is 1. The SMILES string of the molecule is CNC1CCCN(C(=O)CN2C(=O)NC(=O)C2(C)C)C1.Cl. The number of hydrogen-bond donors (Lipinski definition) is 2. The zero-order valence-corrected chi connectivity index (χ0v) is 13.5. The molecule has 120 valence electrons. The number of likely N-dealkylation sites (N-methyl/N-ethyl adjacent to an activating group) is 1. The first-order valence-electron chi connectivity index (χ1n) is 6.94. The number of carbonyl (C=O) groups is 3. The van der Waals surface area contributed by atoms with Gasteiger partial charge in [-0.25, -0.2) is 4.79 Å². The summed E-state index contributed by atoms with van der Waals surface area (Å²) >= 11 is 0. The largest absolute Gasteiger partial charge is 0.340 e. The van der Waals surface area contributed by atoms with E-state index in [0.717, 1.165) is 12.8 Å². The number of nitrogens with one attached hydrogen (secondary N) is 2. The summed E-state index contributed by atoms with van der Waals surface area (Å²) in [5, 5.41) is 5.42. The molecular weight excluding hydrogens is 296 g/mol. The Morgan fingerprint density at radius 2 is 2.10 bits per heavy atom. The van der Waals surface area contributed by atoms with Crippen LogP contribution in [0, 0.1) is 0 Å². The summed E-state index contributed by atoms with van der Waals surface area (Å²) in [4.78, 5) is 38.8. The summed E-state index contributed by atoms with van der Waals surface area (Å²) in [5.41, 5.74) is -0.967. The highest BCUT2D eigenvalue weighted by molar-refractivity contribution is 6.07. The molecule has 8 heteroatoms. The van der Waals surface area contributed by atoms with Crippen molar-refractivity contribution in [1.29, 1.82) is 0 Å². The van der Waals surface area contributed by atoms with E-state index in [1.54, 1.807) is 18.7 Å². The number of imide groups is 1. The maximum atomic E-state index is 12.3. The van der Waals surface area contributed by atoms with E-state index in [4.69, 9.17) is 0 Å². The van der Waals surface area contributed by atoms with Gasteiger partial charge in [-0.05, 0) is 33.7 Å². The lowest BCUT2D eigenvalue weighted by Crippen LogP contribution is -2.53. The van der Waals surface area contributed by atoms with Crippen LogP contribution in [-0.4, -0.2) is 65.9 Å². The Morgan fingerprint density at radius 3 is 2.62 bits per heavy atom. The van der Waals surface area contributed by atoms with Crippen molar-refractivity contribution in [3.8, 4) is 0 Å². The summed E-state index contributed by atoms with van der Waals surface area (Å²) in [6.45, 7) is 4.60. The Kier molecular flexibility index (Phi) is 5.58. The average molecular weight is 319 g/mol. The van der Waals surface area contributed by atoms with E-state index in [-0.39, 0.29) is 30.8 Å². The van der Waals surface area contributed by atoms with Gasteiger partial charge in [0.2, 0.25) is 5.91 Å². The van der Waals surface area contributed by atoms with E-state index in [0.29, 0.717) is 19.1 Å². The number of nitrogens with zero attached hydrogens (tertiary/aromatic N) is 2. The van der Waals surface area contributed by atoms with Crippen LogP contribution < -0.4 is 10.6 Å². The van der Waals surface area contributed by atoms with Crippen molar-refractivity contribution >= 4 is 30.3 Å². The van der Waals surface area contributed by atoms with Gasteiger partial charge in [0.05, 0.1) is 0 Å². The number of hydrogen-bond acceptors (Lipinski definition) is 4. The van der Waals surface area contributed by atoms with Crippen LogP contribution in [0.2, 0.25) is 0 Å². The van der Waals surface area contributed by atoms with Crippen molar-refractivity contribution in [2.45, 2.75) is 38.3 Å². The summed E-state index contributed by atoms with van der Waals surface area (Å²) in [5.74, 6) is -0.468. The summed E-state index contributed by atoms with van der Waals surface area (Å²) < 4.78 is 0. The van der Waals surface area contributed by atoms with E-state index in [2.05, 4.69) is 10.6 Å². The fourth-order valence-electron chi connectivity index (χ4n) is 2.64. The molecule has 0 aromatic carbocycles. The van der Waals surface area contributed by atoms with Crippen molar-refractivity contribution in [2.75, 3.05) is 26.7 Å². The van der Waals surface area contributed by atoms with Gasteiger partial charge in [0.1, 0.15) is 12.1 Å². The van der Waals surface area contributed by atoms with Crippen LogP contribution in [0.3, 0.4) is 0 Å². The molecule has 2 heterocycles.